The Hall–Kier alpha value is -2.72. The van der Waals surface area contributed by atoms with Gasteiger partial charge >= 0.3 is 0 Å². The highest BCUT2D eigenvalue weighted by atomic mass is 16.2. The second-order valence-electron chi connectivity index (χ2n) is 9.13. The summed E-state index contributed by atoms with van der Waals surface area (Å²) in [5.41, 5.74) is 4.60. The van der Waals surface area contributed by atoms with E-state index in [-0.39, 0.29) is 5.91 Å². The van der Waals surface area contributed by atoms with E-state index in [4.69, 9.17) is 0 Å². The van der Waals surface area contributed by atoms with E-state index in [0.29, 0.717) is 11.8 Å². The van der Waals surface area contributed by atoms with Gasteiger partial charge in [0.15, 0.2) is 0 Å². The van der Waals surface area contributed by atoms with Gasteiger partial charge in [0, 0.05) is 37.6 Å². The van der Waals surface area contributed by atoms with Crippen molar-refractivity contribution >= 4 is 12.0 Å². The minimum absolute atomic E-state index is 0.207. The van der Waals surface area contributed by atoms with Crippen molar-refractivity contribution in [3.05, 3.63) is 83.2 Å². The number of hydrogen-bond donors (Lipinski definition) is 0. The number of carbonyl (C=O) groups is 1. The van der Waals surface area contributed by atoms with E-state index in [9.17, 15) is 4.79 Å². The number of benzene rings is 1. The third-order valence-corrected chi connectivity index (χ3v) is 7.12. The lowest BCUT2D eigenvalue weighted by atomic mass is 9.90. The molecule has 3 aliphatic rings. The number of carbonyl (C=O) groups excluding carboxylic acids is 1. The van der Waals surface area contributed by atoms with Gasteiger partial charge in [-0.15, -0.1) is 0 Å². The Kier molecular flexibility index (Phi) is 5.99. The second-order valence-corrected chi connectivity index (χ2v) is 9.13. The largest absolute Gasteiger partial charge is 0.338 e. The van der Waals surface area contributed by atoms with Gasteiger partial charge in [0.1, 0.15) is 0 Å². The first-order valence-electron chi connectivity index (χ1n) is 11.6. The molecule has 2 aromatic rings. The maximum atomic E-state index is 13.3. The van der Waals surface area contributed by atoms with Crippen LogP contribution in [0.2, 0.25) is 0 Å². The van der Waals surface area contributed by atoms with E-state index in [1.165, 1.54) is 29.5 Å². The van der Waals surface area contributed by atoms with E-state index in [0.717, 1.165) is 51.1 Å². The molecule has 1 aromatic carbocycles. The Morgan fingerprint density at radius 3 is 2.77 bits per heavy atom. The second kappa shape index (κ2) is 9.19. The number of nitrogens with zero attached hydrogens (tertiary/aromatic N) is 3. The van der Waals surface area contributed by atoms with Crippen molar-refractivity contribution in [1.82, 2.24) is 14.8 Å². The fraction of sp³-hybridized carbons (Fsp3) is 0.407. The number of hydrogen-bond acceptors (Lipinski definition) is 3. The van der Waals surface area contributed by atoms with Crippen LogP contribution in [0.25, 0.3) is 6.08 Å². The predicted octanol–water partition coefficient (Wildman–Crippen LogP) is 4.55. The van der Waals surface area contributed by atoms with Crippen LogP contribution in [-0.4, -0.2) is 53.4 Å². The summed E-state index contributed by atoms with van der Waals surface area (Å²) in [7, 11) is 0. The predicted molar refractivity (Wildman–Crippen MR) is 125 cm³/mol. The first-order chi connectivity index (χ1) is 15.3. The smallest absolute Gasteiger partial charge is 0.254 e. The van der Waals surface area contributed by atoms with Crippen LogP contribution in [0.1, 0.15) is 52.2 Å². The molecule has 0 radical (unpaired) electrons. The number of allylic oxidation sites excluding steroid dienone is 3. The molecule has 1 aliphatic carbocycles. The molecular formula is C27H31N3O. The average molecular weight is 414 g/mol. The normalized spacial score (nSPS) is 21.8. The molecule has 4 heteroatoms. The minimum Gasteiger partial charge on any atom is -0.338 e. The van der Waals surface area contributed by atoms with Crippen LogP contribution in [0, 0.1) is 5.92 Å². The molecule has 3 heterocycles. The zero-order valence-corrected chi connectivity index (χ0v) is 18.1. The zero-order chi connectivity index (χ0) is 21.0. The molecule has 0 bridgehead atoms. The van der Waals surface area contributed by atoms with Gasteiger partial charge in [-0.25, -0.2) is 0 Å². The molecule has 0 N–H and O–H groups in total. The lowest BCUT2D eigenvalue weighted by Gasteiger charge is -2.33. The number of piperidine rings is 1. The Balaban J connectivity index is 1.17. The van der Waals surface area contributed by atoms with Gasteiger partial charge in [-0.1, -0.05) is 42.5 Å². The maximum Gasteiger partial charge on any atom is 0.254 e. The molecule has 0 spiro atoms. The number of fused-ring (bicyclic) bond motifs is 1. The number of aromatic nitrogens is 1. The number of pyridine rings is 1. The van der Waals surface area contributed by atoms with Crippen molar-refractivity contribution in [3.63, 3.8) is 0 Å². The molecule has 4 nitrogen and oxygen atoms in total. The molecule has 1 atom stereocenters. The highest BCUT2D eigenvalue weighted by Gasteiger charge is 2.30. The highest BCUT2D eigenvalue weighted by Crippen LogP contribution is 2.29. The molecule has 0 saturated carbocycles. The van der Waals surface area contributed by atoms with Crippen molar-refractivity contribution in [2.75, 3.05) is 32.7 Å². The van der Waals surface area contributed by atoms with Gasteiger partial charge < -0.3 is 9.80 Å². The lowest BCUT2D eigenvalue weighted by molar-refractivity contribution is 0.0781. The highest BCUT2D eigenvalue weighted by molar-refractivity contribution is 5.97. The van der Waals surface area contributed by atoms with E-state index in [1.54, 1.807) is 0 Å². The Morgan fingerprint density at radius 2 is 1.94 bits per heavy atom. The van der Waals surface area contributed by atoms with Gasteiger partial charge in [0.25, 0.3) is 5.91 Å². The van der Waals surface area contributed by atoms with Gasteiger partial charge in [-0.3, -0.25) is 9.78 Å². The summed E-state index contributed by atoms with van der Waals surface area (Å²) in [6.45, 7) is 5.17. The SMILES string of the molecule is O=C(c1cccc2c1CC=CC=C2)N1CC[C@H](CN2CCC(c3cccnc3)CC2)C1. The number of likely N-dealkylation sites (tertiary alicyclic amines) is 2. The monoisotopic (exact) mass is 413 g/mol. The fourth-order valence-corrected chi connectivity index (χ4v) is 5.38. The van der Waals surface area contributed by atoms with Crippen molar-refractivity contribution in [2.24, 2.45) is 5.92 Å². The number of rotatable bonds is 4. The quantitative estimate of drug-likeness (QED) is 0.738. The minimum atomic E-state index is 0.207. The molecule has 1 aromatic heterocycles. The van der Waals surface area contributed by atoms with Crippen molar-refractivity contribution in [2.45, 2.75) is 31.6 Å². The third kappa shape index (κ3) is 4.49. The van der Waals surface area contributed by atoms with Crippen molar-refractivity contribution in [1.29, 1.82) is 0 Å². The summed E-state index contributed by atoms with van der Waals surface area (Å²) >= 11 is 0. The molecule has 160 valence electrons. The lowest BCUT2D eigenvalue weighted by Crippen LogP contribution is -2.38. The van der Waals surface area contributed by atoms with E-state index >= 15 is 0 Å². The van der Waals surface area contributed by atoms with Crippen LogP contribution in [-0.2, 0) is 6.42 Å². The molecular weight excluding hydrogens is 382 g/mol. The summed E-state index contributed by atoms with van der Waals surface area (Å²) < 4.78 is 0. The maximum absolute atomic E-state index is 13.3. The van der Waals surface area contributed by atoms with Crippen LogP contribution in [0.4, 0.5) is 0 Å². The fourth-order valence-electron chi connectivity index (χ4n) is 5.38. The van der Waals surface area contributed by atoms with Gasteiger partial charge in [0.05, 0.1) is 0 Å². The molecule has 31 heavy (non-hydrogen) atoms. The summed E-state index contributed by atoms with van der Waals surface area (Å²) in [5, 5.41) is 0. The van der Waals surface area contributed by atoms with Gasteiger partial charge in [0.2, 0.25) is 0 Å². The summed E-state index contributed by atoms with van der Waals surface area (Å²) in [6, 6.07) is 10.4. The molecule has 1 amide bonds. The van der Waals surface area contributed by atoms with Crippen LogP contribution in [0.3, 0.4) is 0 Å². The summed E-state index contributed by atoms with van der Waals surface area (Å²) in [4.78, 5) is 22.3. The van der Waals surface area contributed by atoms with Crippen molar-refractivity contribution in [3.8, 4) is 0 Å². The summed E-state index contributed by atoms with van der Waals surface area (Å²) in [6.07, 6.45) is 16.6. The van der Waals surface area contributed by atoms with E-state index in [2.05, 4.69) is 51.2 Å². The Bertz CT molecular complexity index is 973. The summed E-state index contributed by atoms with van der Waals surface area (Å²) in [5.74, 6) is 1.43. The van der Waals surface area contributed by atoms with Crippen LogP contribution in [0.15, 0.2) is 61.0 Å². The molecule has 2 aliphatic heterocycles. The van der Waals surface area contributed by atoms with Crippen molar-refractivity contribution < 1.29 is 4.79 Å². The molecule has 5 rings (SSSR count). The van der Waals surface area contributed by atoms with Crippen LogP contribution < -0.4 is 0 Å². The Morgan fingerprint density at radius 1 is 1.03 bits per heavy atom. The first-order valence-corrected chi connectivity index (χ1v) is 11.6. The zero-order valence-electron chi connectivity index (χ0n) is 18.1. The number of amides is 1. The standard InChI is InChI=1S/C27H31N3O/c31-27(26-10-4-7-23-6-2-1-3-9-25(23)26)30-17-11-21(20-30)19-29-15-12-22(13-16-29)24-8-5-14-28-18-24/h1-8,10,14,18,21-22H,9,11-13,15-17,19-20H2/t21-/m1/s1. The first kappa shape index (κ1) is 20.2. The molecule has 0 unspecified atom stereocenters. The van der Waals surface area contributed by atoms with Crippen LogP contribution >= 0.6 is 0 Å². The van der Waals surface area contributed by atoms with E-state index in [1.807, 2.05) is 30.6 Å². The Labute approximate surface area is 185 Å². The molecule has 2 fully saturated rings. The van der Waals surface area contributed by atoms with Gasteiger partial charge in [-0.05, 0) is 79.4 Å². The van der Waals surface area contributed by atoms with Crippen LogP contribution in [0.5, 0.6) is 0 Å². The molecule has 2 saturated heterocycles. The topological polar surface area (TPSA) is 36.4 Å². The van der Waals surface area contributed by atoms with E-state index < -0.39 is 0 Å². The third-order valence-electron chi connectivity index (χ3n) is 7.12. The average Bonchev–Trinajstić information content (AvgIpc) is 3.14. The van der Waals surface area contributed by atoms with Gasteiger partial charge in [-0.2, -0.15) is 0 Å².